The third-order valence-corrected chi connectivity index (χ3v) is 7.29. The first-order valence-corrected chi connectivity index (χ1v) is 13.6. The van der Waals surface area contributed by atoms with E-state index in [0.29, 0.717) is 30.3 Å². The molecule has 0 spiro atoms. The minimum Gasteiger partial charge on any atom is -0.383 e. The highest BCUT2D eigenvalue weighted by molar-refractivity contribution is 7.87. The van der Waals surface area contributed by atoms with E-state index < -0.39 is 26.8 Å². The summed E-state index contributed by atoms with van der Waals surface area (Å²) in [4.78, 5) is 14.3. The summed E-state index contributed by atoms with van der Waals surface area (Å²) in [5, 5.41) is 0. The van der Waals surface area contributed by atoms with Gasteiger partial charge in [-0.15, -0.1) is 0 Å². The Bertz CT molecular complexity index is 1540. The number of amides is 1. The number of carbonyl (C=O) groups excluding carboxylic acids is 1. The van der Waals surface area contributed by atoms with Crippen LogP contribution in [0, 0.1) is 0 Å². The van der Waals surface area contributed by atoms with Crippen LogP contribution in [0.25, 0.3) is 11.1 Å². The van der Waals surface area contributed by atoms with Gasteiger partial charge in [0.05, 0.1) is 12.2 Å². The smallest absolute Gasteiger partial charge is 0.383 e. The first-order valence-electron chi connectivity index (χ1n) is 12.2. The average molecular weight is 570 g/mol. The normalized spacial score (nSPS) is 11.7. The molecule has 0 aliphatic carbocycles. The highest BCUT2D eigenvalue weighted by Crippen LogP contribution is 2.31. The van der Waals surface area contributed by atoms with Gasteiger partial charge >= 0.3 is 16.3 Å². The Labute approximate surface area is 230 Å². The molecule has 0 aliphatic heterocycles. The third-order valence-electron chi connectivity index (χ3n) is 6.04. The number of ether oxygens (including phenoxy) is 1. The maximum absolute atomic E-state index is 13.3. The molecular formula is C30H26F3NO5S. The summed E-state index contributed by atoms with van der Waals surface area (Å²) in [7, 11) is -2.96. The fourth-order valence-corrected chi connectivity index (χ4v) is 4.92. The average Bonchev–Trinajstić information content (AvgIpc) is 2.96. The number of halogens is 3. The number of nitrogens with zero attached hydrogens (tertiary/aromatic N) is 1. The van der Waals surface area contributed by atoms with E-state index in [2.05, 4.69) is 0 Å². The fourth-order valence-electron chi connectivity index (χ4n) is 3.95. The fraction of sp³-hybridized carbons (Fsp3) is 0.167. The van der Waals surface area contributed by atoms with Gasteiger partial charge in [0.15, 0.2) is 0 Å². The molecule has 0 saturated heterocycles. The summed E-state index contributed by atoms with van der Waals surface area (Å²) in [6.07, 6.45) is -4.69. The SMILES string of the molecule is COCCN(Cc1ccc(OS(=O)(=O)c2cccc(C(F)(F)F)c2)cc1)C(=O)c1ccc(-c2ccccc2)cc1. The summed E-state index contributed by atoms with van der Waals surface area (Å²) in [5.41, 5.74) is 2.12. The number of alkyl halides is 3. The lowest BCUT2D eigenvalue weighted by Crippen LogP contribution is -2.33. The first-order chi connectivity index (χ1) is 19.1. The van der Waals surface area contributed by atoms with Gasteiger partial charge in [0.2, 0.25) is 0 Å². The Balaban J connectivity index is 1.46. The van der Waals surface area contributed by atoms with Gasteiger partial charge in [0, 0.05) is 25.8 Å². The second kappa shape index (κ2) is 12.4. The van der Waals surface area contributed by atoms with Gasteiger partial charge in [-0.05, 0) is 59.2 Å². The van der Waals surface area contributed by atoms with Crippen LogP contribution < -0.4 is 4.18 Å². The Kier molecular flexibility index (Phi) is 8.91. The van der Waals surface area contributed by atoms with Crippen LogP contribution in [-0.2, 0) is 27.6 Å². The summed E-state index contributed by atoms with van der Waals surface area (Å²) in [6, 6.07) is 26.4. The molecular weight excluding hydrogens is 543 g/mol. The molecule has 0 unspecified atom stereocenters. The van der Waals surface area contributed by atoms with Crippen LogP contribution in [-0.4, -0.2) is 39.5 Å². The molecule has 4 aromatic carbocycles. The lowest BCUT2D eigenvalue weighted by atomic mass is 10.0. The Hall–Kier alpha value is -4.15. The van der Waals surface area contributed by atoms with E-state index in [-0.39, 0.29) is 18.2 Å². The summed E-state index contributed by atoms with van der Waals surface area (Å²) >= 11 is 0. The topological polar surface area (TPSA) is 72.9 Å². The highest BCUT2D eigenvalue weighted by Gasteiger charge is 2.32. The van der Waals surface area contributed by atoms with E-state index in [1.54, 1.807) is 29.2 Å². The van der Waals surface area contributed by atoms with E-state index >= 15 is 0 Å². The quantitative estimate of drug-likeness (QED) is 0.206. The standard InChI is InChI=1S/C30H26F3NO5S/c1-38-19-18-34(29(35)25-14-12-24(13-15-25)23-6-3-2-4-7-23)21-22-10-16-27(17-11-22)39-40(36,37)28-9-5-8-26(20-28)30(31,32)33/h2-17,20H,18-19,21H2,1H3. The second-order valence-corrected chi connectivity index (χ2v) is 10.4. The largest absolute Gasteiger partial charge is 0.416 e. The van der Waals surface area contributed by atoms with Crippen molar-refractivity contribution < 1.29 is 35.3 Å². The first kappa shape index (κ1) is 28.8. The molecule has 4 rings (SSSR count). The molecule has 0 atom stereocenters. The van der Waals surface area contributed by atoms with Crippen molar-refractivity contribution >= 4 is 16.0 Å². The molecule has 6 nitrogen and oxygen atoms in total. The number of methoxy groups -OCH3 is 1. The van der Waals surface area contributed by atoms with Crippen LogP contribution in [0.3, 0.4) is 0 Å². The minimum absolute atomic E-state index is 0.0765. The van der Waals surface area contributed by atoms with Crippen molar-refractivity contribution in [3.05, 3.63) is 120 Å². The van der Waals surface area contributed by atoms with Crippen LogP contribution in [0.4, 0.5) is 13.2 Å². The lowest BCUT2D eigenvalue weighted by molar-refractivity contribution is -0.137. The number of hydrogen-bond acceptors (Lipinski definition) is 5. The number of hydrogen-bond donors (Lipinski definition) is 0. The zero-order valence-corrected chi connectivity index (χ0v) is 22.3. The predicted octanol–water partition coefficient (Wildman–Crippen LogP) is 6.43. The van der Waals surface area contributed by atoms with Crippen molar-refractivity contribution in [3.8, 4) is 16.9 Å². The molecule has 1 amide bonds. The minimum atomic E-state index is -4.69. The van der Waals surface area contributed by atoms with Crippen molar-refractivity contribution in [2.75, 3.05) is 20.3 Å². The number of benzene rings is 4. The summed E-state index contributed by atoms with van der Waals surface area (Å²) in [6.45, 7) is 0.839. The summed E-state index contributed by atoms with van der Waals surface area (Å²) < 4.78 is 74.3. The number of rotatable bonds is 10. The van der Waals surface area contributed by atoms with E-state index in [0.717, 1.165) is 29.3 Å². The molecule has 10 heteroatoms. The third kappa shape index (κ3) is 7.28. The molecule has 0 bridgehead atoms. The molecule has 0 aliphatic rings. The zero-order valence-electron chi connectivity index (χ0n) is 21.5. The van der Waals surface area contributed by atoms with Gasteiger partial charge in [-0.3, -0.25) is 4.79 Å². The lowest BCUT2D eigenvalue weighted by Gasteiger charge is -2.23. The van der Waals surface area contributed by atoms with E-state index in [1.807, 2.05) is 42.5 Å². The van der Waals surface area contributed by atoms with Crippen molar-refractivity contribution in [1.82, 2.24) is 4.90 Å². The molecule has 0 N–H and O–H groups in total. The van der Waals surface area contributed by atoms with Crippen LogP contribution >= 0.6 is 0 Å². The molecule has 0 fully saturated rings. The monoisotopic (exact) mass is 569 g/mol. The Morgan fingerprint density at radius 2 is 1.48 bits per heavy atom. The predicted molar refractivity (Wildman–Crippen MR) is 144 cm³/mol. The molecule has 4 aromatic rings. The van der Waals surface area contributed by atoms with Gasteiger partial charge < -0.3 is 13.8 Å². The van der Waals surface area contributed by atoms with Crippen LogP contribution in [0.1, 0.15) is 21.5 Å². The van der Waals surface area contributed by atoms with Crippen LogP contribution in [0.15, 0.2) is 108 Å². The van der Waals surface area contributed by atoms with Crippen LogP contribution in [0.5, 0.6) is 5.75 Å². The molecule has 0 heterocycles. The van der Waals surface area contributed by atoms with Crippen LogP contribution in [0.2, 0.25) is 0 Å². The van der Waals surface area contributed by atoms with E-state index in [1.165, 1.54) is 19.2 Å². The molecule has 0 saturated carbocycles. The molecule has 0 aromatic heterocycles. The van der Waals surface area contributed by atoms with Gasteiger partial charge in [-0.2, -0.15) is 21.6 Å². The maximum Gasteiger partial charge on any atom is 0.416 e. The van der Waals surface area contributed by atoms with Crippen molar-refractivity contribution in [1.29, 1.82) is 0 Å². The number of carbonyl (C=O) groups is 1. The maximum atomic E-state index is 13.3. The molecule has 0 radical (unpaired) electrons. The second-order valence-electron chi connectivity index (χ2n) is 8.87. The molecule has 208 valence electrons. The Morgan fingerprint density at radius 3 is 2.10 bits per heavy atom. The van der Waals surface area contributed by atoms with Crippen molar-refractivity contribution in [3.63, 3.8) is 0 Å². The van der Waals surface area contributed by atoms with Gasteiger partial charge in [0.1, 0.15) is 10.6 Å². The van der Waals surface area contributed by atoms with Gasteiger partial charge in [0.25, 0.3) is 5.91 Å². The van der Waals surface area contributed by atoms with Gasteiger partial charge in [-0.1, -0.05) is 60.7 Å². The van der Waals surface area contributed by atoms with Gasteiger partial charge in [-0.25, -0.2) is 0 Å². The summed E-state index contributed by atoms with van der Waals surface area (Å²) in [5.74, 6) is -0.281. The highest BCUT2D eigenvalue weighted by atomic mass is 32.2. The van der Waals surface area contributed by atoms with E-state index in [9.17, 15) is 26.4 Å². The molecule has 40 heavy (non-hydrogen) atoms. The Morgan fingerprint density at radius 1 is 0.825 bits per heavy atom. The van der Waals surface area contributed by atoms with E-state index in [4.69, 9.17) is 8.92 Å². The van der Waals surface area contributed by atoms with Crippen molar-refractivity contribution in [2.45, 2.75) is 17.6 Å². The van der Waals surface area contributed by atoms with Crippen molar-refractivity contribution in [2.24, 2.45) is 0 Å². The zero-order chi connectivity index (χ0) is 28.8.